The molecule has 23 heavy (non-hydrogen) atoms. The molecule has 0 radical (unpaired) electrons. The summed E-state index contributed by atoms with van der Waals surface area (Å²) >= 11 is 4.29. The Hall–Kier alpha value is -1.56. The van der Waals surface area contributed by atoms with Gasteiger partial charge in [0.05, 0.1) is 4.92 Å². The minimum Gasteiger partial charge on any atom is -0.363 e. The number of hydrogen-bond acceptors (Lipinski definition) is 7. The number of nitrogens with zero attached hydrogens (tertiary/aromatic N) is 2. The van der Waals surface area contributed by atoms with E-state index in [9.17, 15) is 18.5 Å². The summed E-state index contributed by atoms with van der Waals surface area (Å²) in [6.07, 6.45) is 1.42. The molecule has 0 bridgehead atoms. The van der Waals surface area contributed by atoms with Gasteiger partial charge in [-0.3, -0.25) is 10.1 Å². The highest BCUT2D eigenvalue weighted by Crippen LogP contribution is 2.25. The lowest BCUT2D eigenvalue weighted by Crippen LogP contribution is -2.28. The molecule has 0 aliphatic heterocycles. The number of pyridine rings is 1. The third kappa shape index (κ3) is 4.70. The Balaban J connectivity index is 1.95. The number of aryl methyl sites for hydroxylation is 1. The van der Waals surface area contributed by atoms with Gasteiger partial charge in [0.25, 0.3) is 0 Å². The summed E-state index contributed by atoms with van der Waals surface area (Å²) in [4.78, 5) is 15.2. The van der Waals surface area contributed by atoms with Gasteiger partial charge in [0.2, 0.25) is 15.8 Å². The van der Waals surface area contributed by atoms with Gasteiger partial charge in [-0.15, -0.1) is 11.3 Å². The van der Waals surface area contributed by atoms with Crippen LogP contribution in [-0.2, 0) is 10.0 Å². The van der Waals surface area contributed by atoms with E-state index in [4.69, 9.17) is 0 Å². The Kier molecular flexibility index (Phi) is 5.68. The topological polar surface area (TPSA) is 114 Å². The van der Waals surface area contributed by atoms with E-state index in [-0.39, 0.29) is 28.8 Å². The number of aromatic nitrogens is 1. The maximum Gasteiger partial charge on any atom is 0.312 e. The van der Waals surface area contributed by atoms with Gasteiger partial charge in [0.1, 0.15) is 4.21 Å². The number of hydrogen-bond donors (Lipinski definition) is 2. The summed E-state index contributed by atoms with van der Waals surface area (Å²) in [6.45, 7) is 2.07. The van der Waals surface area contributed by atoms with Gasteiger partial charge in [0, 0.05) is 34.7 Å². The van der Waals surface area contributed by atoms with Crippen LogP contribution in [0, 0.1) is 17.0 Å². The molecule has 0 atom stereocenters. The lowest BCUT2D eigenvalue weighted by molar-refractivity contribution is -0.384. The second-order valence-electron chi connectivity index (χ2n) is 4.47. The van der Waals surface area contributed by atoms with Crippen molar-refractivity contribution in [1.29, 1.82) is 0 Å². The molecule has 0 fully saturated rings. The quantitative estimate of drug-likeness (QED) is 0.403. The van der Waals surface area contributed by atoms with Crippen LogP contribution in [0.1, 0.15) is 4.88 Å². The van der Waals surface area contributed by atoms with Crippen LogP contribution in [0.5, 0.6) is 0 Å². The first-order chi connectivity index (χ1) is 10.8. The molecule has 0 aliphatic rings. The number of rotatable bonds is 7. The number of thiophene rings is 1. The van der Waals surface area contributed by atoms with E-state index in [1.807, 2.05) is 6.92 Å². The van der Waals surface area contributed by atoms with Crippen LogP contribution in [0.25, 0.3) is 0 Å². The molecule has 2 aromatic rings. The fourth-order valence-electron chi connectivity index (χ4n) is 1.70. The normalized spacial score (nSPS) is 11.4. The number of nitro groups is 1. The van der Waals surface area contributed by atoms with E-state index < -0.39 is 14.9 Å². The van der Waals surface area contributed by atoms with Crippen molar-refractivity contribution in [2.75, 3.05) is 18.4 Å². The van der Waals surface area contributed by atoms with E-state index in [1.165, 1.54) is 29.7 Å². The molecule has 0 amide bonds. The van der Waals surface area contributed by atoms with Crippen molar-refractivity contribution >= 4 is 48.8 Å². The maximum atomic E-state index is 12.0. The van der Waals surface area contributed by atoms with Gasteiger partial charge in [-0.25, -0.2) is 18.1 Å². The molecule has 0 aromatic carbocycles. The van der Waals surface area contributed by atoms with Crippen molar-refractivity contribution in [3.63, 3.8) is 0 Å². The molecule has 2 rings (SSSR count). The second kappa shape index (κ2) is 7.34. The predicted octanol–water partition coefficient (Wildman–Crippen LogP) is 2.51. The first-order valence-corrected chi connectivity index (χ1v) is 9.49. The Morgan fingerprint density at radius 1 is 1.39 bits per heavy atom. The largest absolute Gasteiger partial charge is 0.363 e. The molecule has 0 spiro atoms. The average Bonchev–Trinajstić information content (AvgIpc) is 2.92. The Morgan fingerprint density at radius 3 is 2.74 bits per heavy atom. The van der Waals surface area contributed by atoms with Gasteiger partial charge in [-0.1, -0.05) is 0 Å². The SMILES string of the molecule is Cc1ccc(S(=O)(=O)NCCNc2ncc(Br)cc2[N+](=O)[O-])s1. The highest BCUT2D eigenvalue weighted by Gasteiger charge is 2.17. The number of halogens is 1. The Labute approximate surface area is 145 Å². The van der Waals surface area contributed by atoms with Crippen LogP contribution in [0.3, 0.4) is 0 Å². The van der Waals surface area contributed by atoms with Gasteiger partial charge in [-0.05, 0) is 35.0 Å². The standard InChI is InChI=1S/C12H13BrN4O4S2/c1-8-2-3-11(22-8)23(20,21)16-5-4-14-12-10(17(18)19)6-9(13)7-15-12/h2-3,6-7,16H,4-5H2,1H3,(H,14,15). The molecule has 2 aromatic heterocycles. The third-order valence-electron chi connectivity index (χ3n) is 2.72. The summed E-state index contributed by atoms with van der Waals surface area (Å²) in [5.41, 5.74) is -0.184. The molecule has 0 saturated heterocycles. The van der Waals surface area contributed by atoms with E-state index in [2.05, 4.69) is 31.0 Å². The van der Waals surface area contributed by atoms with Crippen molar-refractivity contribution in [3.05, 3.63) is 43.9 Å². The minimum atomic E-state index is -3.56. The Morgan fingerprint density at radius 2 is 2.13 bits per heavy atom. The van der Waals surface area contributed by atoms with Crippen LogP contribution in [0.2, 0.25) is 0 Å². The van der Waals surface area contributed by atoms with Gasteiger partial charge < -0.3 is 5.32 Å². The predicted molar refractivity (Wildman–Crippen MR) is 91.3 cm³/mol. The molecule has 8 nitrogen and oxygen atoms in total. The molecule has 124 valence electrons. The highest BCUT2D eigenvalue weighted by molar-refractivity contribution is 9.10. The zero-order chi connectivity index (χ0) is 17.0. The smallest absolute Gasteiger partial charge is 0.312 e. The molecule has 11 heteroatoms. The molecule has 0 aliphatic carbocycles. The minimum absolute atomic E-state index is 0.0776. The number of anilines is 1. The van der Waals surface area contributed by atoms with Crippen molar-refractivity contribution in [1.82, 2.24) is 9.71 Å². The molecular weight excluding hydrogens is 408 g/mol. The summed E-state index contributed by atoms with van der Waals surface area (Å²) < 4.78 is 27.2. The summed E-state index contributed by atoms with van der Waals surface area (Å²) in [6, 6.07) is 4.59. The van der Waals surface area contributed by atoms with Gasteiger partial charge in [0.15, 0.2) is 0 Å². The van der Waals surface area contributed by atoms with Gasteiger partial charge >= 0.3 is 5.69 Å². The fraction of sp³-hybridized carbons (Fsp3) is 0.250. The van der Waals surface area contributed by atoms with Crippen LogP contribution in [0.4, 0.5) is 11.5 Å². The lowest BCUT2D eigenvalue weighted by atomic mass is 10.4. The lowest BCUT2D eigenvalue weighted by Gasteiger charge is -2.07. The third-order valence-corrected chi connectivity index (χ3v) is 6.11. The molecule has 0 saturated carbocycles. The van der Waals surface area contributed by atoms with Crippen molar-refractivity contribution < 1.29 is 13.3 Å². The molecular formula is C12H13BrN4O4S2. The second-order valence-corrected chi connectivity index (χ2v) is 8.67. The number of nitrogens with one attached hydrogen (secondary N) is 2. The highest BCUT2D eigenvalue weighted by atomic mass is 79.9. The van der Waals surface area contributed by atoms with E-state index in [0.29, 0.717) is 4.47 Å². The van der Waals surface area contributed by atoms with Crippen molar-refractivity contribution in [3.8, 4) is 0 Å². The van der Waals surface area contributed by atoms with E-state index in [0.717, 1.165) is 4.88 Å². The van der Waals surface area contributed by atoms with Crippen LogP contribution in [-0.4, -0.2) is 31.4 Å². The summed E-state index contributed by atoms with van der Waals surface area (Å²) in [5, 5.41) is 13.7. The van der Waals surface area contributed by atoms with E-state index >= 15 is 0 Å². The maximum absolute atomic E-state index is 12.0. The fourth-order valence-corrected chi connectivity index (χ4v) is 4.38. The summed E-state index contributed by atoms with van der Waals surface area (Å²) in [5.74, 6) is 0.0874. The zero-order valence-corrected chi connectivity index (χ0v) is 15.2. The monoisotopic (exact) mass is 420 g/mol. The zero-order valence-electron chi connectivity index (χ0n) is 11.9. The molecule has 0 unspecified atom stereocenters. The summed E-state index contributed by atoms with van der Waals surface area (Å²) in [7, 11) is -3.56. The number of sulfonamides is 1. The van der Waals surface area contributed by atoms with Crippen molar-refractivity contribution in [2.45, 2.75) is 11.1 Å². The van der Waals surface area contributed by atoms with Crippen LogP contribution in [0.15, 0.2) is 33.1 Å². The molecule has 2 N–H and O–H groups in total. The van der Waals surface area contributed by atoms with Gasteiger partial charge in [-0.2, -0.15) is 0 Å². The first kappa shape index (κ1) is 17.8. The van der Waals surface area contributed by atoms with Crippen LogP contribution < -0.4 is 10.0 Å². The Bertz CT molecular complexity index is 822. The van der Waals surface area contributed by atoms with Crippen molar-refractivity contribution in [2.24, 2.45) is 0 Å². The van der Waals surface area contributed by atoms with E-state index in [1.54, 1.807) is 6.07 Å². The molecule has 2 heterocycles. The average molecular weight is 421 g/mol. The first-order valence-electron chi connectivity index (χ1n) is 6.39. The van der Waals surface area contributed by atoms with Crippen LogP contribution >= 0.6 is 27.3 Å².